The summed E-state index contributed by atoms with van der Waals surface area (Å²) < 4.78 is 5.50. The Morgan fingerprint density at radius 1 is 1.14 bits per heavy atom. The molecule has 1 amide bonds. The van der Waals surface area contributed by atoms with Gasteiger partial charge in [-0.05, 0) is 25.2 Å². The number of ether oxygens (including phenoxy) is 1. The number of rotatable bonds is 6. The largest absolute Gasteiger partial charge is 0.379 e. The number of carbonyl (C=O) groups is 1. The molecule has 2 heterocycles. The minimum Gasteiger partial charge on any atom is -0.379 e. The molecule has 3 rings (SSSR count). The van der Waals surface area contributed by atoms with E-state index in [0.717, 1.165) is 71.2 Å². The Morgan fingerprint density at radius 3 is 2.50 bits per heavy atom. The lowest BCUT2D eigenvalue weighted by molar-refractivity contribution is -0.134. The van der Waals surface area contributed by atoms with Gasteiger partial charge in [0.2, 0.25) is 5.91 Å². The topological polar surface area (TPSA) is 69.2 Å². The third-order valence-electron chi connectivity index (χ3n) is 6.53. The van der Waals surface area contributed by atoms with Crippen molar-refractivity contribution < 1.29 is 9.53 Å². The van der Waals surface area contributed by atoms with Crippen molar-refractivity contribution >= 4 is 11.9 Å². The first-order valence-electron chi connectivity index (χ1n) is 11.2. The van der Waals surface area contributed by atoms with Crippen LogP contribution in [0.1, 0.15) is 46.0 Å². The molecule has 0 bridgehead atoms. The van der Waals surface area contributed by atoms with Gasteiger partial charge >= 0.3 is 0 Å². The first-order chi connectivity index (χ1) is 13.6. The Balaban J connectivity index is 1.45. The number of hydrogen-bond acceptors (Lipinski definition) is 4. The van der Waals surface area contributed by atoms with Crippen molar-refractivity contribution in [1.82, 2.24) is 20.4 Å². The number of aliphatic imine (C=N–C) groups is 1. The molecule has 7 heteroatoms. The van der Waals surface area contributed by atoms with E-state index in [1.165, 1.54) is 12.8 Å². The molecular formula is C21H39N5O2. The van der Waals surface area contributed by atoms with Gasteiger partial charge in [0.05, 0.1) is 13.2 Å². The van der Waals surface area contributed by atoms with Crippen molar-refractivity contribution in [3.8, 4) is 0 Å². The third kappa shape index (κ3) is 5.60. The molecule has 2 aliphatic heterocycles. The van der Waals surface area contributed by atoms with Gasteiger partial charge in [0.25, 0.3) is 0 Å². The zero-order valence-electron chi connectivity index (χ0n) is 18.0. The van der Waals surface area contributed by atoms with Crippen molar-refractivity contribution in [2.45, 2.75) is 58.0 Å². The molecule has 2 saturated heterocycles. The summed E-state index contributed by atoms with van der Waals surface area (Å²) in [5.41, 5.74) is 0. The molecule has 0 radical (unpaired) electrons. The Bertz CT molecular complexity index is 527. The molecule has 0 aromatic carbocycles. The molecular weight excluding hydrogens is 354 g/mol. The molecule has 2 unspecified atom stereocenters. The molecule has 0 aromatic heterocycles. The van der Waals surface area contributed by atoms with Crippen molar-refractivity contribution in [3.05, 3.63) is 0 Å². The van der Waals surface area contributed by atoms with Gasteiger partial charge in [-0.25, -0.2) is 0 Å². The number of hydrogen-bond donors (Lipinski definition) is 2. The Labute approximate surface area is 170 Å². The second kappa shape index (κ2) is 10.4. The Hall–Kier alpha value is -1.34. The highest BCUT2D eigenvalue weighted by molar-refractivity contribution is 5.81. The van der Waals surface area contributed by atoms with Crippen LogP contribution in [0.4, 0.5) is 0 Å². The van der Waals surface area contributed by atoms with Crippen LogP contribution in [0.25, 0.3) is 0 Å². The highest BCUT2D eigenvalue weighted by atomic mass is 16.5. The number of likely N-dealkylation sites (tertiary alicyclic amines) is 1. The van der Waals surface area contributed by atoms with E-state index < -0.39 is 0 Å². The van der Waals surface area contributed by atoms with Gasteiger partial charge in [0, 0.05) is 57.8 Å². The van der Waals surface area contributed by atoms with Crippen LogP contribution in [0.2, 0.25) is 0 Å². The highest BCUT2D eigenvalue weighted by Crippen LogP contribution is 2.27. The molecule has 1 saturated carbocycles. The molecule has 1 aliphatic carbocycles. The second-order valence-corrected chi connectivity index (χ2v) is 8.81. The van der Waals surface area contributed by atoms with Crippen LogP contribution in [0, 0.1) is 11.8 Å². The zero-order valence-corrected chi connectivity index (χ0v) is 18.0. The second-order valence-electron chi connectivity index (χ2n) is 8.81. The van der Waals surface area contributed by atoms with Gasteiger partial charge in [0.15, 0.2) is 5.96 Å². The van der Waals surface area contributed by atoms with E-state index in [2.05, 4.69) is 39.3 Å². The lowest BCUT2D eigenvalue weighted by Gasteiger charge is -2.37. The number of carbonyl (C=O) groups excluding carboxylic acids is 1. The molecule has 2 N–H and O–H groups in total. The molecule has 0 aromatic rings. The summed E-state index contributed by atoms with van der Waals surface area (Å²) >= 11 is 0. The standard InChI is InChI=1S/C21H39N5O2/c1-16(2)19(25-10-12-28-13-11-25)14-23-21(22-3)24-18-8-9-26(15-18)20(27)17-6-4-5-7-17/h16-19H,4-15H2,1-3H3,(H2,22,23,24). The Morgan fingerprint density at radius 2 is 1.86 bits per heavy atom. The maximum Gasteiger partial charge on any atom is 0.225 e. The van der Waals surface area contributed by atoms with E-state index in [-0.39, 0.29) is 12.0 Å². The highest BCUT2D eigenvalue weighted by Gasteiger charge is 2.32. The van der Waals surface area contributed by atoms with Gasteiger partial charge in [0.1, 0.15) is 0 Å². The zero-order chi connectivity index (χ0) is 19.9. The van der Waals surface area contributed by atoms with Crippen molar-refractivity contribution in [1.29, 1.82) is 0 Å². The molecule has 2 atom stereocenters. The van der Waals surface area contributed by atoms with Crippen LogP contribution >= 0.6 is 0 Å². The summed E-state index contributed by atoms with van der Waals surface area (Å²) in [7, 11) is 1.82. The molecule has 0 spiro atoms. The van der Waals surface area contributed by atoms with E-state index in [1.807, 2.05) is 7.05 Å². The van der Waals surface area contributed by atoms with Gasteiger partial charge < -0.3 is 20.3 Å². The first-order valence-corrected chi connectivity index (χ1v) is 11.2. The van der Waals surface area contributed by atoms with Crippen molar-refractivity contribution in [2.24, 2.45) is 16.8 Å². The fourth-order valence-corrected chi connectivity index (χ4v) is 4.79. The van der Waals surface area contributed by atoms with Gasteiger partial charge in [-0.15, -0.1) is 0 Å². The summed E-state index contributed by atoms with van der Waals surface area (Å²) in [6, 6.07) is 0.754. The van der Waals surface area contributed by atoms with Crippen molar-refractivity contribution in [2.75, 3.05) is 53.0 Å². The van der Waals surface area contributed by atoms with Gasteiger partial charge in [-0.3, -0.25) is 14.7 Å². The predicted octanol–water partition coefficient (Wildman–Crippen LogP) is 1.30. The van der Waals surface area contributed by atoms with Crippen LogP contribution in [0.3, 0.4) is 0 Å². The van der Waals surface area contributed by atoms with E-state index in [9.17, 15) is 4.79 Å². The summed E-state index contributed by atoms with van der Waals surface area (Å²) in [6.07, 6.45) is 5.57. The minimum atomic E-state index is 0.275. The summed E-state index contributed by atoms with van der Waals surface area (Å²) in [4.78, 5) is 21.7. The number of nitrogens with zero attached hydrogens (tertiary/aromatic N) is 3. The van der Waals surface area contributed by atoms with Crippen LogP contribution in [0.15, 0.2) is 4.99 Å². The number of morpholine rings is 1. The molecule has 160 valence electrons. The van der Waals surface area contributed by atoms with E-state index in [1.54, 1.807) is 0 Å². The maximum absolute atomic E-state index is 12.7. The van der Waals surface area contributed by atoms with E-state index in [4.69, 9.17) is 4.74 Å². The maximum atomic E-state index is 12.7. The predicted molar refractivity (Wildman–Crippen MR) is 112 cm³/mol. The normalized spacial score (nSPS) is 26.1. The lowest BCUT2D eigenvalue weighted by atomic mass is 10.0. The van der Waals surface area contributed by atoms with Crippen LogP contribution in [-0.2, 0) is 9.53 Å². The molecule has 7 nitrogen and oxygen atoms in total. The lowest BCUT2D eigenvalue weighted by Crippen LogP contribution is -2.53. The number of nitrogens with one attached hydrogen (secondary N) is 2. The van der Waals surface area contributed by atoms with Gasteiger partial charge in [-0.1, -0.05) is 26.7 Å². The minimum absolute atomic E-state index is 0.275. The van der Waals surface area contributed by atoms with Crippen LogP contribution in [-0.4, -0.2) is 86.7 Å². The Kier molecular flexibility index (Phi) is 7.97. The molecule has 3 aliphatic rings. The van der Waals surface area contributed by atoms with Crippen LogP contribution < -0.4 is 10.6 Å². The molecule has 28 heavy (non-hydrogen) atoms. The summed E-state index contributed by atoms with van der Waals surface area (Å²) in [6.45, 7) is 10.7. The smallest absolute Gasteiger partial charge is 0.225 e. The molecule has 3 fully saturated rings. The fraction of sp³-hybridized carbons (Fsp3) is 0.905. The monoisotopic (exact) mass is 393 g/mol. The van der Waals surface area contributed by atoms with E-state index >= 15 is 0 Å². The fourth-order valence-electron chi connectivity index (χ4n) is 4.79. The average molecular weight is 394 g/mol. The SMILES string of the molecule is CN=C(NCC(C(C)C)N1CCOCC1)NC1CCN(C(=O)C2CCCC2)C1. The number of guanidine groups is 1. The van der Waals surface area contributed by atoms with E-state index in [0.29, 0.717) is 17.9 Å². The number of amides is 1. The quantitative estimate of drug-likeness (QED) is 0.526. The first kappa shape index (κ1) is 21.4. The van der Waals surface area contributed by atoms with Gasteiger partial charge in [-0.2, -0.15) is 0 Å². The summed E-state index contributed by atoms with van der Waals surface area (Å²) in [5, 5.41) is 7.07. The third-order valence-corrected chi connectivity index (χ3v) is 6.53. The van der Waals surface area contributed by atoms with Crippen molar-refractivity contribution in [3.63, 3.8) is 0 Å². The summed E-state index contributed by atoms with van der Waals surface area (Å²) in [5.74, 6) is 2.06. The van der Waals surface area contributed by atoms with Crippen LogP contribution in [0.5, 0.6) is 0 Å². The average Bonchev–Trinajstić information content (AvgIpc) is 3.39.